The third kappa shape index (κ3) is 6.75. The van der Waals surface area contributed by atoms with Gasteiger partial charge in [-0.3, -0.25) is 9.59 Å². The quantitative estimate of drug-likeness (QED) is 0.545. The Morgan fingerprint density at radius 1 is 0.967 bits per heavy atom. The third-order valence-corrected chi connectivity index (χ3v) is 5.94. The number of hydrogen-bond acceptors (Lipinski definition) is 2. The van der Waals surface area contributed by atoms with Crippen molar-refractivity contribution in [1.29, 1.82) is 0 Å². The van der Waals surface area contributed by atoms with E-state index in [2.05, 4.69) is 5.32 Å². The molecule has 0 spiro atoms. The van der Waals surface area contributed by atoms with Crippen molar-refractivity contribution in [1.82, 2.24) is 10.2 Å². The topological polar surface area (TPSA) is 49.4 Å². The van der Waals surface area contributed by atoms with E-state index in [-0.39, 0.29) is 30.8 Å². The van der Waals surface area contributed by atoms with E-state index >= 15 is 0 Å². The van der Waals surface area contributed by atoms with E-state index in [4.69, 9.17) is 23.2 Å². The highest BCUT2D eigenvalue weighted by atomic mass is 35.5. The van der Waals surface area contributed by atoms with Gasteiger partial charge in [-0.05, 0) is 49.9 Å². The Hall–Kier alpha value is -2.04. The van der Waals surface area contributed by atoms with Crippen LogP contribution in [0.1, 0.15) is 50.3 Å². The predicted molar refractivity (Wildman–Crippen MR) is 124 cm³/mol. The van der Waals surface area contributed by atoms with Crippen molar-refractivity contribution in [3.63, 3.8) is 0 Å². The van der Waals surface area contributed by atoms with Gasteiger partial charge in [-0.2, -0.15) is 0 Å². The van der Waals surface area contributed by atoms with Crippen molar-refractivity contribution < 1.29 is 9.59 Å². The van der Waals surface area contributed by atoms with Gasteiger partial charge < -0.3 is 10.2 Å². The molecule has 0 heterocycles. The molecule has 2 rings (SSSR count). The first kappa shape index (κ1) is 24.2. The van der Waals surface area contributed by atoms with Gasteiger partial charge in [0.1, 0.15) is 6.04 Å². The van der Waals surface area contributed by atoms with Crippen molar-refractivity contribution >= 4 is 35.0 Å². The molecule has 4 nitrogen and oxygen atoms in total. The van der Waals surface area contributed by atoms with Gasteiger partial charge >= 0.3 is 0 Å². The van der Waals surface area contributed by atoms with Gasteiger partial charge in [-0.15, -0.1) is 0 Å². The number of benzene rings is 2. The molecule has 2 amide bonds. The van der Waals surface area contributed by atoms with Crippen LogP contribution in [-0.2, 0) is 22.6 Å². The Labute approximate surface area is 189 Å². The van der Waals surface area contributed by atoms with Crippen LogP contribution < -0.4 is 5.32 Å². The monoisotopic (exact) mass is 448 g/mol. The number of rotatable bonds is 9. The Bertz CT molecular complexity index is 868. The van der Waals surface area contributed by atoms with E-state index in [0.717, 1.165) is 23.1 Å². The maximum absolute atomic E-state index is 13.3. The molecule has 0 fully saturated rings. The highest BCUT2D eigenvalue weighted by Crippen LogP contribution is 2.24. The first-order valence-electron chi connectivity index (χ1n) is 10.3. The molecule has 0 bridgehead atoms. The first-order chi connectivity index (χ1) is 14.2. The zero-order valence-corrected chi connectivity index (χ0v) is 19.6. The minimum Gasteiger partial charge on any atom is -0.352 e. The zero-order chi connectivity index (χ0) is 22.3. The maximum Gasteiger partial charge on any atom is 0.243 e. The molecule has 2 atom stereocenters. The summed E-state index contributed by atoms with van der Waals surface area (Å²) in [7, 11) is 0. The summed E-state index contributed by atoms with van der Waals surface area (Å²) >= 11 is 12.2. The van der Waals surface area contributed by atoms with Crippen LogP contribution in [0.2, 0.25) is 10.0 Å². The van der Waals surface area contributed by atoms with Crippen LogP contribution in [0.4, 0.5) is 0 Å². The van der Waals surface area contributed by atoms with Gasteiger partial charge in [0.2, 0.25) is 11.8 Å². The molecule has 6 heteroatoms. The van der Waals surface area contributed by atoms with Gasteiger partial charge in [-0.1, -0.05) is 72.9 Å². The molecule has 0 saturated carbocycles. The second-order valence-corrected chi connectivity index (χ2v) is 8.49. The second-order valence-electron chi connectivity index (χ2n) is 7.67. The second kappa shape index (κ2) is 11.4. The van der Waals surface area contributed by atoms with Crippen LogP contribution in [0.25, 0.3) is 0 Å². The van der Waals surface area contributed by atoms with Gasteiger partial charge in [0.15, 0.2) is 0 Å². The van der Waals surface area contributed by atoms with Crippen LogP contribution in [0, 0.1) is 6.92 Å². The minimum absolute atomic E-state index is 0.0468. The van der Waals surface area contributed by atoms with Gasteiger partial charge in [0, 0.05) is 12.6 Å². The number of halogens is 2. The molecule has 0 aliphatic carbocycles. The summed E-state index contributed by atoms with van der Waals surface area (Å²) in [5.41, 5.74) is 2.89. The molecule has 0 unspecified atom stereocenters. The lowest BCUT2D eigenvalue weighted by Gasteiger charge is -2.31. The predicted octanol–water partition coefficient (Wildman–Crippen LogP) is 5.57. The Balaban J connectivity index is 2.31. The van der Waals surface area contributed by atoms with E-state index in [1.165, 1.54) is 0 Å². The Morgan fingerprint density at radius 2 is 1.60 bits per heavy atom. The van der Waals surface area contributed by atoms with Crippen LogP contribution in [0.3, 0.4) is 0 Å². The van der Waals surface area contributed by atoms with E-state index in [1.54, 1.807) is 17.0 Å². The number of amides is 2. The molecular weight excluding hydrogens is 419 g/mol. The minimum atomic E-state index is -0.564. The summed E-state index contributed by atoms with van der Waals surface area (Å²) in [5.74, 6) is -0.236. The summed E-state index contributed by atoms with van der Waals surface area (Å²) in [4.78, 5) is 27.9. The number of carbonyl (C=O) groups excluding carboxylic acids is 2. The molecule has 2 aromatic rings. The van der Waals surface area contributed by atoms with Crippen molar-refractivity contribution in [3.05, 3.63) is 69.2 Å². The summed E-state index contributed by atoms with van der Waals surface area (Å²) in [6.45, 7) is 8.19. The van der Waals surface area contributed by atoms with Crippen molar-refractivity contribution in [2.45, 2.75) is 65.6 Å². The lowest BCUT2D eigenvalue weighted by atomic mass is 10.1. The van der Waals surface area contributed by atoms with Crippen molar-refractivity contribution in [2.24, 2.45) is 0 Å². The van der Waals surface area contributed by atoms with Gasteiger partial charge in [-0.25, -0.2) is 0 Å². The molecule has 2 aromatic carbocycles. The van der Waals surface area contributed by atoms with E-state index < -0.39 is 6.04 Å². The molecule has 162 valence electrons. The smallest absolute Gasteiger partial charge is 0.243 e. The number of carbonyl (C=O) groups is 2. The van der Waals surface area contributed by atoms with Gasteiger partial charge in [0.25, 0.3) is 0 Å². The molecule has 0 aliphatic rings. The molecule has 1 N–H and O–H groups in total. The van der Waals surface area contributed by atoms with E-state index in [1.807, 2.05) is 58.0 Å². The molecule has 0 radical (unpaired) electrons. The summed E-state index contributed by atoms with van der Waals surface area (Å²) in [6, 6.07) is 12.6. The third-order valence-electron chi connectivity index (χ3n) is 5.20. The largest absolute Gasteiger partial charge is 0.352 e. The Kier molecular flexibility index (Phi) is 9.19. The SMILES string of the molecule is CC[C@@H](C)NC(=O)[C@@H](CC)N(Cc1ccc(Cl)c(Cl)c1)C(=O)Cc1ccc(C)cc1. The zero-order valence-electron chi connectivity index (χ0n) is 18.0. The van der Waals surface area contributed by atoms with Crippen LogP contribution in [0.15, 0.2) is 42.5 Å². The fourth-order valence-corrected chi connectivity index (χ4v) is 3.50. The lowest BCUT2D eigenvalue weighted by molar-refractivity contribution is -0.141. The first-order valence-corrected chi connectivity index (χ1v) is 11.1. The number of hydrogen-bond donors (Lipinski definition) is 1. The maximum atomic E-state index is 13.3. The molecule has 0 aliphatic heterocycles. The average Bonchev–Trinajstić information content (AvgIpc) is 2.72. The number of nitrogens with one attached hydrogen (secondary N) is 1. The van der Waals surface area contributed by atoms with E-state index in [0.29, 0.717) is 16.5 Å². The molecule has 0 saturated heterocycles. The highest BCUT2D eigenvalue weighted by Gasteiger charge is 2.29. The normalized spacial score (nSPS) is 12.9. The average molecular weight is 449 g/mol. The van der Waals surface area contributed by atoms with Crippen LogP contribution in [-0.4, -0.2) is 28.8 Å². The summed E-state index contributed by atoms with van der Waals surface area (Å²) in [5, 5.41) is 3.90. The standard InChI is InChI=1S/C24H30Cl2N2O2/c1-5-17(4)27-24(30)22(6-2)28(15-19-11-12-20(25)21(26)13-19)23(29)14-18-9-7-16(3)8-10-18/h7-13,17,22H,5-6,14-15H2,1-4H3,(H,27,30)/t17-,22-/m1/s1. The van der Waals surface area contributed by atoms with Crippen LogP contribution in [0.5, 0.6) is 0 Å². The fourth-order valence-electron chi connectivity index (χ4n) is 3.18. The molecule has 30 heavy (non-hydrogen) atoms. The fraction of sp³-hybridized carbons (Fsp3) is 0.417. The van der Waals surface area contributed by atoms with Crippen LogP contribution >= 0.6 is 23.2 Å². The van der Waals surface area contributed by atoms with Crippen molar-refractivity contribution in [2.75, 3.05) is 0 Å². The number of aryl methyl sites for hydroxylation is 1. The summed E-state index contributed by atoms with van der Waals surface area (Å²) < 4.78 is 0. The number of nitrogens with zero attached hydrogens (tertiary/aromatic N) is 1. The lowest BCUT2D eigenvalue weighted by Crippen LogP contribution is -2.51. The van der Waals surface area contributed by atoms with Crippen molar-refractivity contribution in [3.8, 4) is 0 Å². The van der Waals surface area contributed by atoms with E-state index in [9.17, 15) is 9.59 Å². The molecule has 0 aromatic heterocycles. The van der Waals surface area contributed by atoms with Gasteiger partial charge in [0.05, 0.1) is 16.5 Å². The Morgan fingerprint density at radius 3 is 2.17 bits per heavy atom. The molecular formula is C24H30Cl2N2O2. The summed E-state index contributed by atoms with van der Waals surface area (Å²) in [6.07, 6.45) is 1.57. The highest BCUT2D eigenvalue weighted by molar-refractivity contribution is 6.42.